The van der Waals surface area contributed by atoms with Crippen molar-refractivity contribution >= 4 is 32.7 Å². The molecule has 4 nitrogen and oxygen atoms in total. The predicted octanol–water partition coefficient (Wildman–Crippen LogP) is 3.19. The number of nitrogens with zero attached hydrogens (tertiary/aromatic N) is 1. The zero-order chi connectivity index (χ0) is 13.7. The van der Waals surface area contributed by atoms with E-state index in [1.54, 1.807) is 13.0 Å². The van der Waals surface area contributed by atoms with Gasteiger partial charge in [0.2, 0.25) is 0 Å². The molecule has 0 radical (unpaired) electrons. The standard InChI is InChI=1S/C13H15FN2O2S/c1-2-18-12(17)4-3-7-15-13-16-10-8-9(14)5-6-11(10)19-13/h5-6,8H,2-4,7H2,1H3,(H,15,16). The number of ether oxygens (including phenoxy) is 1. The zero-order valence-electron chi connectivity index (χ0n) is 10.6. The molecule has 0 aliphatic carbocycles. The van der Waals surface area contributed by atoms with Gasteiger partial charge >= 0.3 is 5.97 Å². The van der Waals surface area contributed by atoms with E-state index >= 15 is 0 Å². The van der Waals surface area contributed by atoms with Gasteiger partial charge in [0.15, 0.2) is 5.13 Å². The Hall–Kier alpha value is -1.69. The van der Waals surface area contributed by atoms with Crippen LogP contribution in [0.15, 0.2) is 18.2 Å². The zero-order valence-corrected chi connectivity index (χ0v) is 11.4. The van der Waals surface area contributed by atoms with Crippen LogP contribution in [0.25, 0.3) is 10.2 Å². The SMILES string of the molecule is CCOC(=O)CCCNc1nc2cc(F)ccc2s1. The fourth-order valence-electron chi connectivity index (χ4n) is 1.64. The predicted molar refractivity (Wildman–Crippen MR) is 73.9 cm³/mol. The van der Waals surface area contributed by atoms with Crippen molar-refractivity contribution in [3.8, 4) is 0 Å². The number of hydrogen-bond acceptors (Lipinski definition) is 5. The Morgan fingerprint density at radius 3 is 3.16 bits per heavy atom. The van der Waals surface area contributed by atoms with Crippen LogP contribution in [-0.2, 0) is 9.53 Å². The molecule has 1 aromatic heterocycles. The highest BCUT2D eigenvalue weighted by molar-refractivity contribution is 7.22. The minimum Gasteiger partial charge on any atom is -0.466 e. The second-order valence-electron chi connectivity index (χ2n) is 3.97. The largest absolute Gasteiger partial charge is 0.466 e. The summed E-state index contributed by atoms with van der Waals surface area (Å²) in [6, 6.07) is 4.55. The molecule has 0 saturated heterocycles. The van der Waals surface area contributed by atoms with E-state index in [1.165, 1.54) is 23.5 Å². The van der Waals surface area contributed by atoms with Crippen LogP contribution in [0.5, 0.6) is 0 Å². The molecule has 0 aliphatic rings. The highest BCUT2D eigenvalue weighted by atomic mass is 32.1. The summed E-state index contributed by atoms with van der Waals surface area (Å²) in [6.07, 6.45) is 1.07. The number of rotatable bonds is 6. The number of nitrogens with one attached hydrogen (secondary N) is 1. The van der Waals surface area contributed by atoms with Gasteiger partial charge in [-0.1, -0.05) is 11.3 Å². The first kappa shape index (κ1) is 13.7. The summed E-state index contributed by atoms with van der Waals surface area (Å²) >= 11 is 1.47. The minimum atomic E-state index is -0.285. The maximum atomic E-state index is 13.0. The van der Waals surface area contributed by atoms with Crippen LogP contribution in [0.4, 0.5) is 9.52 Å². The quantitative estimate of drug-likeness (QED) is 0.653. The molecular weight excluding hydrogens is 267 g/mol. The number of benzene rings is 1. The van der Waals surface area contributed by atoms with Crippen molar-refractivity contribution in [3.05, 3.63) is 24.0 Å². The Morgan fingerprint density at radius 1 is 1.53 bits per heavy atom. The first-order valence-corrected chi connectivity index (χ1v) is 6.96. The van der Waals surface area contributed by atoms with Gasteiger partial charge in [0, 0.05) is 19.0 Å². The summed E-state index contributed by atoms with van der Waals surface area (Å²) in [4.78, 5) is 15.4. The van der Waals surface area contributed by atoms with Crippen molar-refractivity contribution in [1.82, 2.24) is 4.98 Å². The lowest BCUT2D eigenvalue weighted by Gasteiger charge is -2.02. The monoisotopic (exact) mass is 282 g/mol. The van der Waals surface area contributed by atoms with Crippen molar-refractivity contribution in [1.29, 1.82) is 0 Å². The van der Waals surface area contributed by atoms with Crippen molar-refractivity contribution in [2.75, 3.05) is 18.5 Å². The third-order valence-corrected chi connectivity index (χ3v) is 3.48. The number of esters is 1. The molecule has 1 N–H and O–H groups in total. The molecule has 1 aromatic carbocycles. The lowest BCUT2D eigenvalue weighted by molar-refractivity contribution is -0.143. The van der Waals surface area contributed by atoms with E-state index in [9.17, 15) is 9.18 Å². The van der Waals surface area contributed by atoms with Gasteiger partial charge in [-0.3, -0.25) is 4.79 Å². The molecule has 0 amide bonds. The smallest absolute Gasteiger partial charge is 0.305 e. The molecule has 2 rings (SSSR count). The van der Waals surface area contributed by atoms with Gasteiger partial charge in [-0.25, -0.2) is 9.37 Å². The van der Waals surface area contributed by atoms with E-state index in [1.807, 2.05) is 0 Å². The first-order valence-electron chi connectivity index (χ1n) is 6.14. The second kappa shape index (κ2) is 6.47. The van der Waals surface area contributed by atoms with Crippen LogP contribution in [0.3, 0.4) is 0 Å². The van der Waals surface area contributed by atoms with E-state index < -0.39 is 0 Å². The molecule has 0 saturated carbocycles. The van der Waals surface area contributed by atoms with Gasteiger partial charge < -0.3 is 10.1 Å². The van der Waals surface area contributed by atoms with Crippen LogP contribution in [0.1, 0.15) is 19.8 Å². The average molecular weight is 282 g/mol. The number of anilines is 1. The maximum absolute atomic E-state index is 13.0. The molecule has 0 bridgehead atoms. The van der Waals surface area contributed by atoms with E-state index in [0.29, 0.717) is 31.5 Å². The summed E-state index contributed by atoms with van der Waals surface area (Å²) in [5.41, 5.74) is 0.651. The van der Waals surface area contributed by atoms with Gasteiger partial charge in [-0.2, -0.15) is 0 Å². The molecule has 0 unspecified atom stereocenters. The number of carbonyl (C=O) groups is 1. The molecule has 2 aromatic rings. The fraction of sp³-hybridized carbons (Fsp3) is 0.385. The van der Waals surface area contributed by atoms with Gasteiger partial charge in [0.1, 0.15) is 5.82 Å². The van der Waals surface area contributed by atoms with E-state index in [4.69, 9.17) is 4.74 Å². The Morgan fingerprint density at radius 2 is 2.37 bits per heavy atom. The lowest BCUT2D eigenvalue weighted by atomic mass is 10.3. The van der Waals surface area contributed by atoms with Crippen LogP contribution in [0.2, 0.25) is 0 Å². The normalized spacial score (nSPS) is 10.6. The van der Waals surface area contributed by atoms with Gasteiger partial charge in [0.25, 0.3) is 0 Å². The van der Waals surface area contributed by atoms with Crippen LogP contribution < -0.4 is 5.32 Å². The number of aromatic nitrogens is 1. The van der Waals surface area contributed by atoms with Crippen LogP contribution in [0, 0.1) is 5.82 Å². The minimum absolute atomic E-state index is 0.185. The van der Waals surface area contributed by atoms with Crippen molar-refractivity contribution in [2.24, 2.45) is 0 Å². The van der Waals surface area contributed by atoms with E-state index in [0.717, 1.165) is 9.83 Å². The van der Waals surface area contributed by atoms with Crippen LogP contribution >= 0.6 is 11.3 Å². The number of thiazole rings is 1. The molecule has 0 aliphatic heterocycles. The third kappa shape index (κ3) is 3.89. The summed E-state index contributed by atoms with van der Waals surface area (Å²) in [6.45, 7) is 2.84. The molecule has 0 spiro atoms. The summed E-state index contributed by atoms with van der Waals surface area (Å²) < 4.78 is 18.8. The Labute approximate surface area is 114 Å². The third-order valence-electron chi connectivity index (χ3n) is 2.49. The summed E-state index contributed by atoms with van der Waals surface area (Å²) in [5, 5.41) is 3.87. The van der Waals surface area contributed by atoms with E-state index in [2.05, 4.69) is 10.3 Å². The number of carbonyl (C=O) groups excluding carboxylic acids is 1. The molecule has 0 atom stereocenters. The average Bonchev–Trinajstić information content (AvgIpc) is 2.77. The maximum Gasteiger partial charge on any atom is 0.305 e. The molecule has 0 fully saturated rings. The highest BCUT2D eigenvalue weighted by Gasteiger charge is 2.05. The number of hydrogen-bond donors (Lipinski definition) is 1. The molecule has 6 heteroatoms. The first-order chi connectivity index (χ1) is 9.19. The van der Waals surface area contributed by atoms with Gasteiger partial charge in [0.05, 0.1) is 16.8 Å². The molecular formula is C13H15FN2O2S. The Balaban J connectivity index is 1.83. The molecule has 102 valence electrons. The fourth-order valence-corrected chi connectivity index (χ4v) is 2.51. The van der Waals surface area contributed by atoms with Crippen LogP contribution in [-0.4, -0.2) is 24.1 Å². The van der Waals surface area contributed by atoms with Crippen molar-refractivity contribution in [3.63, 3.8) is 0 Å². The number of halogens is 1. The van der Waals surface area contributed by atoms with E-state index in [-0.39, 0.29) is 11.8 Å². The van der Waals surface area contributed by atoms with Crippen molar-refractivity contribution < 1.29 is 13.9 Å². The molecule has 19 heavy (non-hydrogen) atoms. The lowest BCUT2D eigenvalue weighted by Crippen LogP contribution is -2.07. The van der Waals surface area contributed by atoms with Crippen molar-refractivity contribution in [2.45, 2.75) is 19.8 Å². The Bertz CT molecular complexity index is 571. The topological polar surface area (TPSA) is 51.2 Å². The summed E-state index contributed by atoms with van der Waals surface area (Å²) in [7, 11) is 0. The highest BCUT2D eigenvalue weighted by Crippen LogP contribution is 2.26. The van der Waals surface area contributed by atoms with Gasteiger partial charge in [-0.05, 0) is 25.5 Å². The summed E-state index contributed by atoms with van der Waals surface area (Å²) in [5.74, 6) is -0.470. The second-order valence-corrected chi connectivity index (χ2v) is 5.00. The van der Waals surface area contributed by atoms with Gasteiger partial charge in [-0.15, -0.1) is 0 Å². The molecule has 1 heterocycles. The Kier molecular flexibility index (Phi) is 4.68. The number of fused-ring (bicyclic) bond motifs is 1.